The largest absolute Gasteiger partial charge is 0.354 e. The van der Waals surface area contributed by atoms with Gasteiger partial charge in [0.2, 0.25) is 5.91 Å². The Morgan fingerprint density at radius 2 is 1.77 bits per heavy atom. The number of likely N-dealkylation sites (tertiary alicyclic amines) is 1. The monoisotopic (exact) mass is 368 g/mol. The van der Waals surface area contributed by atoms with E-state index in [9.17, 15) is 4.79 Å². The van der Waals surface area contributed by atoms with E-state index in [1.165, 1.54) is 0 Å². The third-order valence-corrected chi connectivity index (χ3v) is 6.08. The van der Waals surface area contributed by atoms with Crippen molar-refractivity contribution in [3.05, 3.63) is 42.7 Å². The number of carbonyl (C=O) groups excluding carboxylic acids is 1. The number of nitrogens with zero attached hydrogens (tertiary/aromatic N) is 4. The average molecular weight is 369 g/mol. The fraction of sp³-hybridized carbons (Fsp3) is 0.450. The van der Waals surface area contributed by atoms with Gasteiger partial charge in [-0.3, -0.25) is 4.79 Å². The molecule has 1 unspecified atom stereocenters. The first kappa shape index (κ1) is 17.3. The number of anilines is 1. The molecule has 136 valence electrons. The summed E-state index contributed by atoms with van der Waals surface area (Å²) in [5.74, 6) is 1.31. The lowest BCUT2D eigenvalue weighted by atomic mass is 9.96. The maximum atomic E-state index is 12.8. The van der Waals surface area contributed by atoms with Crippen molar-refractivity contribution >= 4 is 23.5 Å². The van der Waals surface area contributed by atoms with E-state index in [1.54, 1.807) is 24.2 Å². The lowest BCUT2D eigenvalue weighted by molar-refractivity contribution is -0.134. The number of hydrogen-bond acceptors (Lipinski definition) is 5. The van der Waals surface area contributed by atoms with E-state index in [-0.39, 0.29) is 5.92 Å². The SMILES string of the molecule is O=C(C1CCCN(c2nccnc2Sc2ccccc2)C1)N1CCCC1. The molecule has 4 rings (SSSR count). The molecule has 2 aliphatic rings. The Morgan fingerprint density at radius 3 is 2.58 bits per heavy atom. The van der Waals surface area contributed by atoms with Crippen LogP contribution in [0.5, 0.6) is 0 Å². The molecular weight excluding hydrogens is 344 g/mol. The highest BCUT2D eigenvalue weighted by Crippen LogP contribution is 2.34. The lowest BCUT2D eigenvalue weighted by Crippen LogP contribution is -2.44. The maximum absolute atomic E-state index is 12.8. The summed E-state index contributed by atoms with van der Waals surface area (Å²) in [5.41, 5.74) is 0. The molecule has 0 bridgehead atoms. The van der Waals surface area contributed by atoms with E-state index in [0.717, 1.165) is 67.6 Å². The van der Waals surface area contributed by atoms with Gasteiger partial charge in [0.05, 0.1) is 5.92 Å². The summed E-state index contributed by atoms with van der Waals surface area (Å²) in [6, 6.07) is 10.2. The van der Waals surface area contributed by atoms with Crippen LogP contribution in [-0.2, 0) is 4.79 Å². The molecule has 0 N–H and O–H groups in total. The molecule has 0 saturated carbocycles. The van der Waals surface area contributed by atoms with Gasteiger partial charge in [-0.1, -0.05) is 30.0 Å². The molecule has 6 heteroatoms. The minimum Gasteiger partial charge on any atom is -0.354 e. The van der Waals surface area contributed by atoms with Crippen molar-refractivity contribution in [2.45, 2.75) is 35.6 Å². The molecule has 1 amide bonds. The summed E-state index contributed by atoms with van der Waals surface area (Å²) >= 11 is 1.63. The summed E-state index contributed by atoms with van der Waals surface area (Å²) in [7, 11) is 0. The van der Waals surface area contributed by atoms with Crippen molar-refractivity contribution in [2.75, 3.05) is 31.1 Å². The zero-order chi connectivity index (χ0) is 17.8. The van der Waals surface area contributed by atoms with E-state index in [1.807, 2.05) is 23.1 Å². The van der Waals surface area contributed by atoms with E-state index in [0.29, 0.717) is 5.91 Å². The summed E-state index contributed by atoms with van der Waals surface area (Å²) in [5, 5.41) is 0.910. The fourth-order valence-corrected chi connectivity index (χ4v) is 4.68. The molecule has 3 heterocycles. The van der Waals surface area contributed by atoms with Crippen molar-refractivity contribution in [2.24, 2.45) is 5.92 Å². The number of benzene rings is 1. The summed E-state index contributed by atoms with van der Waals surface area (Å²) < 4.78 is 0. The molecule has 2 saturated heterocycles. The third-order valence-electron chi connectivity index (χ3n) is 5.09. The Balaban J connectivity index is 1.50. The second-order valence-electron chi connectivity index (χ2n) is 6.92. The van der Waals surface area contributed by atoms with E-state index in [4.69, 9.17) is 0 Å². The Kier molecular flexibility index (Phi) is 5.39. The second-order valence-corrected chi connectivity index (χ2v) is 7.98. The predicted molar refractivity (Wildman–Crippen MR) is 103 cm³/mol. The number of carbonyl (C=O) groups is 1. The van der Waals surface area contributed by atoms with Crippen molar-refractivity contribution in [3.63, 3.8) is 0 Å². The fourth-order valence-electron chi connectivity index (χ4n) is 3.77. The number of amides is 1. The van der Waals surface area contributed by atoms with Crippen molar-refractivity contribution < 1.29 is 4.79 Å². The Morgan fingerprint density at radius 1 is 1.00 bits per heavy atom. The van der Waals surface area contributed by atoms with Crippen LogP contribution in [-0.4, -0.2) is 47.0 Å². The van der Waals surface area contributed by atoms with Crippen LogP contribution in [0.4, 0.5) is 5.82 Å². The quantitative estimate of drug-likeness (QED) is 0.827. The highest BCUT2D eigenvalue weighted by molar-refractivity contribution is 7.99. The minimum absolute atomic E-state index is 0.0819. The molecule has 1 aromatic heterocycles. The highest BCUT2D eigenvalue weighted by atomic mass is 32.2. The first-order valence-electron chi connectivity index (χ1n) is 9.39. The van der Waals surface area contributed by atoms with E-state index < -0.39 is 0 Å². The van der Waals surface area contributed by atoms with Crippen LogP contribution in [0.15, 0.2) is 52.6 Å². The van der Waals surface area contributed by atoms with Gasteiger partial charge in [0.1, 0.15) is 5.03 Å². The standard InChI is InChI=1S/C20H24N4OS/c25-20(23-12-4-5-13-23)16-7-6-14-24(15-16)18-19(22-11-10-21-18)26-17-8-2-1-3-9-17/h1-3,8-11,16H,4-7,12-15H2. The second kappa shape index (κ2) is 8.08. The van der Waals surface area contributed by atoms with Gasteiger partial charge in [-0.15, -0.1) is 0 Å². The lowest BCUT2D eigenvalue weighted by Gasteiger charge is -2.35. The third kappa shape index (κ3) is 3.85. The van der Waals surface area contributed by atoms with Gasteiger partial charge in [0.15, 0.2) is 5.82 Å². The van der Waals surface area contributed by atoms with Crippen LogP contribution < -0.4 is 4.90 Å². The van der Waals surface area contributed by atoms with Crippen molar-refractivity contribution in [1.29, 1.82) is 0 Å². The molecule has 2 aliphatic heterocycles. The topological polar surface area (TPSA) is 49.3 Å². The zero-order valence-corrected chi connectivity index (χ0v) is 15.7. The minimum atomic E-state index is 0.0819. The predicted octanol–water partition coefficient (Wildman–Crippen LogP) is 3.47. The summed E-state index contributed by atoms with van der Waals surface area (Å²) in [4.78, 5) is 27.4. The molecule has 2 aromatic rings. The van der Waals surface area contributed by atoms with Crippen LogP contribution in [0.25, 0.3) is 0 Å². The highest BCUT2D eigenvalue weighted by Gasteiger charge is 2.31. The van der Waals surface area contributed by atoms with Crippen LogP contribution >= 0.6 is 11.8 Å². The number of rotatable bonds is 4. The molecule has 0 spiro atoms. The van der Waals surface area contributed by atoms with Gasteiger partial charge in [0, 0.05) is 43.5 Å². The molecule has 1 aromatic carbocycles. The van der Waals surface area contributed by atoms with E-state index in [2.05, 4.69) is 27.0 Å². The Hall–Kier alpha value is -2.08. The van der Waals surface area contributed by atoms with E-state index >= 15 is 0 Å². The first-order chi connectivity index (χ1) is 12.8. The normalized spacial score (nSPS) is 20.4. The van der Waals surface area contributed by atoms with Crippen LogP contribution in [0.3, 0.4) is 0 Å². The molecule has 1 atom stereocenters. The molecule has 0 radical (unpaired) electrons. The number of hydrogen-bond donors (Lipinski definition) is 0. The van der Waals surface area contributed by atoms with Gasteiger partial charge in [0.25, 0.3) is 0 Å². The molecule has 26 heavy (non-hydrogen) atoms. The zero-order valence-electron chi connectivity index (χ0n) is 14.9. The molecule has 5 nitrogen and oxygen atoms in total. The van der Waals surface area contributed by atoms with Gasteiger partial charge < -0.3 is 9.80 Å². The summed E-state index contributed by atoms with van der Waals surface area (Å²) in [6.07, 6.45) is 7.78. The van der Waals surface area contributed by atoms with Crippen LogP contribution in [0, 0.1) is 5.92 Å². The van der Waals surface area contributed by atoms with Gasteiger partial charge in [-0.05, 0) is 37.8 Å². The Labute approximate surface area is 158 Å². The van der Waals surface area contributed by atoms with Gasteiger partial charge in [-0.25, -0.2) is 9.97 Å². The average Bonchev–Trinajstić information content (AvgIpc) is 3.24. The van der Waals surface area contributed by atoms with Crippen molar-refractivity contribution in [1.82, 2.24) is 14.9 Å². The Bertz CT molecular complexity index is 748. The summed E-state index contributed by atoms with van der Waals surface area (Å²) in [6.45, 7) is 3.53. The smallest absolute Gasteiger partial charge is 0.227 e. The molecule has 0 aliphatic carbocycles. The number of aromatic nitrogens is 2. The molecular formula is C20H24N4OS. The van der Waals surface area contributed by atoms with Crippen molar-refractivity contribution in [3.8, 4) is 0 Å². The number of piperidine rings is 1. The van der Waals surface area contributed by atoms with Crippen LogP contribution in [0.1, 0.15) is 25.7 Å². The molecule has 2 fully saturated rings. The van der Waals surface area contributed by atoms with Gasteiger partial charge >= 0.3 is 0 Å². The maximum Gasteiger partial charge on any atom is 0.227 e. The first-order valence-corrected chi connectivity index (χ1v) is 10.2. The van der Waals surface area contributed by atoms with Gasteiger partial charge in [-0.2, -0.15) is 0 Å². The van der Waals surface area contributed by atoms with Crippen LogP contribution in [0.2, 0.25) is 0 Å².